The van der Waals surface area contributed by atoms with Gasteiger partial charge >= 0.3 is 6.18 Å². The van der Waals surface area contributed by atoms with Gasteiger partial charge in [0.1, 0.15) is 12.1 Å². The molecule has 0 spiro atoms. The topological polar surface area (TPSA) is 89.9 Å². The number of nitrogens with two attached hydrogens (primary N) is 1. The van der Waals surface area contributed by atoms with Gasteiger partial charge in [-0.05, 0) is 0 Å². The van der Waals surface area contributed by atoms with Gasteiger partial charge in [-0.3, -0.25) is 9.48 Å². The number of primary amides is 1. The number of halogens is 3. The zero-order valence-electron chi connectivity index (χ0n) is 11.6. The summed E-state index contributed by atoms with van der Waals surface area (Å²) in [5.74, 6) is -3.72. The quantitative estimate of drug-likeness (QED) is 0.870. The second-order valence-electron chi connectivity index (χ2n) is 5.26. The van der Waals surface area contributed by atoms with Gasteiger partial charge in [-0.1, -0.05) is 0 Å². The van der Waals surface area contributed by atoms with E-state index in [0.29, 0.717) is 16.9 Å². The highest BCUT2D eigenvalue weighted by Crippen LogP contribution is 2.39. The second-order valence-corrected chi connectivity index (χ2v) is 5.26. The Morgan fingerprint density at radius 1 is 1.36 bits per heavy atom. The van der Waals surface area contributed by atoms with Gasteiger partial charge in [0.15, 0.2) is 5.65 Å². The summed E-state index contributed by atoms with van der Waals surface area (Å²) in [6.45, 7) is -0.487. The van der Waals surface area contributed by atoms with Crippen molar-refractivity contribution < 1.29 is 18.0 Å². The number of anilines is 1. The summed E-state index contributed by atoms with van der Waals surface area (Å²) < 4.78 is 40.8. The molecule has 0 aliphatic carbocycles. The second kappa shape index (κ2) is 4.82. The van der Waals surface area contributed by atoms with Gasteiger partial charge in [0.2, 0.25) is 5.91 Å². The Bertz CT molecular complexity index is 727. The Labute approximate surface area is 122 Å². The zero-order chi connectivity index (χ0) is 16.1. The van der Waals surface area contributed by atoms with Gasteiger partial charge in [0.05, 0.1) is 23.4 Å². The molecule has 2 aromatic rings. The molecular formula is C12H13F3N6O. The van der Waals surface area contributed by atoms with Gasteiger partial charge in [0, 0.05) is 20.1 Å². The van der Waals surface area contributed by atoms with E-state index in [4.69, 9.17) is 5.73 Å². The molecule has 3 rings (SSSR count). The lowest BCUT2D eigenvalue weighted by molar-refractivity contribution is -0.181. The molecule has 1 saturated heterocycles. The summed E-state index contributed by atoms with van der Waals surface area (Å²) in [6.07, 6.45) is -1.74. The molecule has 2 aromatic heterocycles. The van der Waals surface area contributed by atoms with E-state index in [1.807, 2.05) is 0 Å². The maximum absolute atomic E-state index is 13.1. The predicted molar refractivity (Wildman–Crippen MR) is 70.7 cm³/mol. The maximum Gasteiger partial charge on any atom is 0.394 e. The average molecular weight is 314 g/mol. The van der Waals surface area contributed by atoms with Crippen LogP contribution in [-0.2, 0) is 11.8 Å². The normalized spacial score (nSPS) is 22.5. The fourth-order valence-corrected chi connectivity index (χ4v) is 2.80. The molecule has 3 heterocycles. The number of amides is 1. The van der Waals surface area contributed by atoms with Crippen LogP contribution in [0.1, 0.15) is 0 Å². The Morgan fingerprint density at radius 2 is 2.09 bits per heavy atom. The number of aromatic nitrogens is 4. The number of fused-ring (bicyclic) bond motifs is 1. The van der Waals surface area contributed by atoms with Crippen molar-refractivity contribution in [3.63, 3.8) is 0 Å². The van der Waals surface area contributed by atoms with Crippen molar-refractivity contribution in [2.75, 3.05) is 18.0 Å². The average Bonchev–Trinajstić information content (AvgIpc) is 3.03. The Hall–Kier alpha value is -2.39. The van der Waals surface area contributed by atoms with Crippen LogP contribution in [-0.4, -0.2) is 44.9 Å². The van der Waals surface area contributed by atoms with E-state index in [0.717, 1.165) is 0 Å². The van der Waals surface area contributed by atoms with Crippen molar-refractivity contribution in [3.8, 4) is 0 Å². The first-order valence-electron chi connectivity index (χ1n) is 6.52. The predicted octanol–water partition coefficient (Wildman–Crippen LogP) is 0.463. The van der Waals surface area contributed by atoms with Crippen molar-refractivity contribution in [2.45, 2.75) is 6.18 Å². The lowest BCUT2D eigenvalue weighted by atomic mass is 9.95. The molecule has 1 amide bonds. The largest absolute Gasteiger partial charge is 0.394 e. The molecule has 7 nitrogen and oxygen atoms in total. The number of carbonyl (C=O) groups is 1. The third-order valence-electron chi connectivity index (χ3n) is 3.91. The third kappa shape index (κ3) is 2.24. The zero-order valence-corrected chi connectivity index (χ0v) is 11.6. The van der Waals surface area contributed by atoms with Gasteiger partial charge in [-0.2, -0.15) is 18.3 Å². The van der Waals surface area contributed by atoms with Crippen LogP contribution in [0.4, 0.5) is 19.0 Å². The minimum Gasteiger partial charge on any atom is -0.369 e. The first-order valence-corrected chi connectivity index (χ1v) is 6.52. The molecule has 118 valence electrons. The van der Waals surface area contributed by atoms with Crippen LogP contribution in [0, 0.1) is 11.8 Å². The van der Waals surface area contributed by atoms with E-state index in [-0.39, 0.29) is 13.1 Å². The summed E-state index contributed by atoms with van der Waals surface area (Å²) in [5.41, 5.74) is 5.64. The van der Waals surface area contributed by atoms with Gasteiger partial charge < -0.3 is 10.6 Å². The molecule has 0 aromatic carbocycles. The minimum absolute atomic E-state index is 0.124. The van der Waals surface area contributed by atoms with Crippen LogP contribution in [0.3, 0.4) is 0 Å². The number of hydrogen-bond acceptors (Lipinski definition) is 5. The maximum atomic E-state index is 13.1. The smallest absolute Gasteiger partial charge is 0.369 e. The Morgan fingerprint density at radius 3 is 2.68 bits per heavy atom. The van der Waals surface area contributed by atoms with E-state index in [2.05, 4.69) is 15.1 Å². The molecule has 1 fully saturated rings. The van der Waals surface area contributed by atoms with E-state index in [1.165, 1.54) is 22.1 Å². The van der Waals surface area contributed by atoms with Crippen molar-refractivity contribution in [1.82, 2.24) is 19.7 Å². The van der Waals surface area contributed by atoms with Crippen molar-refractivity contribution >= 4 is 22.8 Å². The Kier molecular flexibility index (Phi) is 3.18. The number of rotatable bonds is 2. The number of alkyl halides is 3. The lowest BCUT2D eigenvalue weighted by Crippen LogP contribution is -2.37. The molecule has 2 N–H and O–H groups in total. The summed E-state index contributed by atoms with van der Waals surface area (Å²) in [5, 5.41) is 4.56. The first kappa shape index (κ1) is 14.5. The standard InChI is InChI=1S/C12H13F3N6O/c1-20-10-6(2-19-20)11(18-5-17-10)21-3-7(9(16)22)8(4-21)12(13,14)15/h2,5,7-8H,3-4H2,1H3,(H2,16,22)/t7-,8-/m1/s1. The van der Waals surface area contributed by atoms with Gasteiger partial charge in [0.25, 0.3) is 0 Å². The number of nitrogens with zero attached hydrogens (tertiary/aromatic N) is 5. The minimum atomic E-state index is -4.49. The highest BCUT2D eigenvalue weighted by Gasteiger charge is 2.52. The Balaban J connectivity index is 2.00. The van der Waals surface area contributed by atoms with Crippen LogP contribution in [0.25, 0.3) is 11.0 Å². The molecule has 2 atom stereocenters. The van der Waals surface area contributed by atoms with E-state index in [9.17, 15) is 18.0 Å². The molecule has 0 saturated carbocycles. The monoisotopic (exact) mass is 314 g/mol. The number of carbonyl (C=O) groups excluding carboxylic acids is 1. The summed E-state index contributed by atoms with van der Waals surface area (Å²) in [6, 6.07) is 0. The van der Waals surface area contributed by atoms with Crippen molar-refractivity contribution in [1.29, 1.82) is 0 Å². The SMILES string of the molecule is Cn1ncc2c(N3C[C@@H](C(F)(F)F)[C@H](C(N)=O)C3)ncnc21. The molecule has 10 heteroatoms. The molecule has 1 aliphatic heterocycles. The summed E-state index contributed by atoms with van der Waals surface area (Å²) in [7, 11) is 1.67. The van der Waals surface area contributed by atoms with E-state index in [1.54, 1.807) is 7.05 Å². The molecule has 0 unspecified atom stereocenters. The first-order chi connectivity index (χ1) is 10.3. The summed E-state index contributed by atoms with van der Waals surface area (Å²) >= 11 is 0. The third-order valence-corrected chi connectivity index (χ3v) is 3.91. The van der Waals surface area contributed by atoms with Crippen molar-refractivity contribution in [3.05, 3.63) is 12.5 Å². The van der Waals surface area contributed by atoms with Crippen LogP contribution >= 0.6 is 0 Å². The van der Waals surface area contributed by atoms with Crippen LogP contribution in [0.5, 0.6) is 0 Å². The molecule has 22 heavy (non-hydrogen) atoms. The fourth-order valence-electron chi connectivity index (χ4n) is 2.80. The van der Waals surface area contributed by atoms with Crippen LogP contribution < -0.4 is 10.6 Å². The summed E-state index contributed by atoms with van der Waals surface area (Å²) in [4.78, 5) is 20.9. The highest BCUT2D eigenvalue weighted by atomic mass is 19.4. The van der Waals surface area contributed by atoms with E-state index < -0.39 is 23.9 Å². The molecule has 0 radical (unpaired) electrons. The number of hydrogen-bond donors (Lipinski definition) is 1. The molecule has 0 bridgehead atoms. The number of aryl methyl sites for hydroxylation is 1. The molecule has 1 aliphatic rings. The van der Waals surface area contributed by atoms with Gasteiger partial charge in [-0.25, -0.2) is 9.97 Å². The van der Waals surface area contributed by atoms with Crippen molar-refractivity contribution in [2.24, 2.45) is 24.6 Å². The van der Waals surface area contributed by atoms with Gasteiger partial charge in [-0.15, -0.1) is 0 Å². The fraction of sp³-hybridized carbons (Fsp3) is 0.500. The van der Waals surface area contributed by atoms with Crippen LogP contribution in [0.2, 0.25) is 0 Å². The highest BCUT2D eigenvalue weighted by molar-refractivity contribution is 5.87. The molecular weight excluding hydrogens is 301 g/mol. The lowest BCUT2D eigenvalue weighted by Gasteiger charge is -2.19. The van der Waals surface area contributed by atoms with Crippen LogP contribution in [0.15, 0.2) is 12.5 Å². The van der Waals surface area contributed by atoms with E-state index >= 15 is 0 Å².